The average Bonchev–Trinajstić information content (AvgIpc) is 3.43. The standard InChI is InChI=1S/C25H25FN4O2/c1-17-3-5-19(6-4-17)16-30-18(2)15-22(28-30)24-27-23(29-32-24)20-7-9-21(10-8-20)25(26)11-13-31-14-12-25/h3-10,15H,11-14,16H2,1-2H3. The fraction of sp³-hybridized carbons (Fsp3) is 0.320. The molecule has 0 radical (unpaired) electrons. The molecule has 1 saturated heterocycles. The summed E-state index contributed by atoms with van der Waals surface area (Å²) >= 11 is 0. The van der Waals surface area contributed by atoms with Crippen LogP contribution in [0.2, 0.25) is 0 Å². The molecule has 5 rings (SSSR count). The van der Waals surface area contributed by atoms with Gasteiger partial charge >= 0.3 is 0 Å². The molecule has 32 heavy (non-hydrogen) atoms. The first kappa shape index (κ1) is 20.6. The van der Waals surface area contributed by atoms with Crippen LogP contribution in [0.25, 0.3) is 23.0 Å². The largest absolute Gasteiger partial charge is 0.381 e. The molecule has 164 valence electrons. The molecule has 3 heterocycles. The van der Waals surface area contributed by atoms with Crippen molar-refractivity contribution in [2.24, 2.45) is 0 Å². The van der Waals surface area contributed by atoms with Crippen LogP contribution in [0.1, 0.15) is 35.2 Å². The van der Waals surface area contributed by atoms with Crippen molar-refractivity contribution in [1.29, 1.82) is 0 Å². The molecular weight excluding hydrogens is 407 g/mol. The molecule has 0 unspecified atom stereocenters. The van der Waals surface area contributed by atoms with E-state index in [1.165, 1.54) is 11.1 Å². The Hall–Kier alpha value is -3.32. The van der Waals surface area contributed by atoms with Crippen molar-refractivity contribution in [1.82, 2.24) is 19.9 Å². The molecule has 1 fully saturated rings. The lowest BCUT2D eigenvalue weighted by Gasteiger charge is -2.29. The fourth-order valence-corrected chi connectivity index (χ4v) is 3.99. The molecule has 0 amide bonds. The number of halogens is 1. The summed E-state index contributed by atoms with van der Waals surface area (Å²) < 4.78 is 27.8. The van der Waals surface area contributed by atoms with E-state index in [1.54, 1.807) is 12.1 Å². The first-order valence-electron chi connectivity index (χ1n) is 10.8. The zero-order valence-corrected chi connectivity index (χ0v) is 18.2. The summed E-state index contributed by atoms with van der Waals surface area (Å²) in [7, 11) is 0. The molecule has 2 aromatic carbocycles. The maximum Gasteiger partial charge on any atom is 0.278 e. The Balaban J connectivity index is 1.34. The van der Waals surface area contributed by atoms with E-state index in [0.717, 1.165) is 11.3 Å². The summed E-state index contributed by atoms with van der Waals surface area (Å²) in [6, 6.07) is 17.6. The van der Waals surface area contributed by atoms with Gasteiger partial charge in [-0.3, -0.25) is 4.68 Å². The third-order valence-electron chi connectivity index (χ3n) is 6.03. The molecular formula is C25H25FN4O2. The van der Waals surface area contributed by atoms with Crippen LogP contribution in [0.5, 0.6) is 0 Å². The lowest BCUT2D eigenvalue weighted by atomic mass is 9.88. The molecule has 0 aliphatic carbocycles. The van der Waals surface area contributed by atoms with E-state index < -0.39 is 5.67 Å². The highest BCUT2D eigenvalue weighted by Crippen LogP contribution is 2.37. The second kappa shape index (κ2) is 8.31. The van der Waals surface area contributed by atoms with E-state index in [1.807, 2.05) is 29.8 Å². The van der Waals surface area contributed by atoms with Crippen molar-refractivity contribution in [3.63, 3.8) is 0 Å². The molecule has 0 N–H and O–H groups in total. The first-order chi connectivity index (χ1) is 15.5. The predicted octanol–water partition coefficient (Wildman–Crippen LogP) is 5.24. The highest BCUT2D eigenvalue weighted by molar-refractivity contribution is 5.58. The van der Waals surface area contributed by atoms with Gasteiger partial charge in [0.2, 0.25) is 5.82 Å². The SMILES string of the molecule is Cc1ccc(Cn2nc(-c3nc(-c4ccc(C5(F)CCOCC5)cc4)no3)cc2C)cc1. The van der Waals surface area contributed by atoms with Crippen molar-refractivity contribution in [3.8, 4) is 23.0 Å². The number of aromatic nitrogens is 4. The molecule has 2 aromatic heterocycles. The summed E-state index contributed by atoms with van der Waals surface area (Å²) in [5.74, 6) is 0.818. The Morgan fingerprint density at radius 3 is 2.44 bits per heavy atom. The number of alkyl halides is 1. The van der Waals surface area contributed by atoms with Crippen LogP contribution in [0.15, 0.2) is 59.1 Å². The van der Waals surface area contributed by atoms with Crippen molar-refractivity contribution in [2.75, 3.05) is 13.2 Å². The number of ether oxygens (including phenoxy) is 1. The number of nitrogens with zero attached hydrogens (tertiary/aromatic N) is 4. The smallest absolute Gasteiger partial charge is 0.278 e. The van der Waals surface area contributed by atoms with Crippen LogP contribution in [0, 0.1) is 13.8 Å². The van der Waals surface area contributed by atoms with E-state index in [0.29, 0.717) is 55.6 Å². The number of benzene rings is 2. The lowest BCUT2D eigenvalue weighted by Crippen LogP contribution is -2.29. The van der Waals surface area contributed by atoms with Gasteiger partial charge in [-0.1, -0.05) is 59.3 Å². The molecule has 4 aromatic rings. The average molecular weight is 432 g/mol. The van der Waals surface area contributed by atoms with Gasteiger partial charge in [0.1, 0.15) is 5.67 Å². The third kappa shape index (κ3) is 4.08. The number of aryl methyl sites for hydroxylation is 2. The molecule has 7 heteroatoms. The topological polar surface area (TPSA) is 66.0 Å². The Morgan fingerprint density at radius 2 is 1.72 bits per heavy atom. The fourth-order valence-electron chi connectivity index (χ4n) is 3.99. The van der Waals surface area contributed by atoms with Crippen LogP contribution >= 0.6 is 0 Å². The number of hydrogen-bond acceptors (Lipinski definition) is 5. The Morgan fingerprint density at radius 1 is 1.00 bits per heavy atom. The maximum atomic E-state index is 15.1. The van der Waals surface area contributed by atoms with E-state index in [-0.39, 0.29) is 0 Å². The second-order valence-electron chi connectivity index (χ2n) is 8.39. The lowest BCUT2D eigenvalue weighted by molar-refractivity contribution is -0.0114. The van der Waals surface area contributed by atoms with Gasteiger partial charge in [0.05, 0.1) is 6.54 Å². The first-order valence-corrected chi connectivity index (χ1v) is 10.8. The van der Waals surface area contributed by atoms with Gasteiger partial charge in [-0.15, -0.1) is 0 Å². The normalized spacial score (nSPS) is 15.7. The van der Waals surface area contributed by atoms with Crippen LogP contribution in [0.4, 0.5) is 4.39 Å². The number of hydrogen-bond donors (Lipinski definition) is 0. The Labute approximate surface area is 186 Å². The third-order valence-corrected chi connectivity index (χ3v) is 6.03. The molecule has 6 nitrogen and oxygen atoms in total. The Bertz CT molecular complexity index is 1210. The molecule has 0 spiro atoms. The molecule has 1 aliphatic heterocycles. The monoisotopic (exact) mass is 432 g/mol. The van der Waals surface area contributed by atoms with Gasteiger partial charge in [-0.25, -0.2) is 4.39 Å². The van der Waals surface area contributed by atoms with Crippen LogP contribution in [-0.2, 0) is 17.0 Å². The minimum absolute atomic E-state index is 0.362. The Kier molecular flexibility index (Phi) is 5.35. The molecule has 1 aliphatic rings. The van der Waals surface area contributed by atoms with E-state index in [2.05, 4.69) is 46.4 Å². The summed E-state index contributed by atoms with van der Waals surface area (Å²) in [5, 5.41) is 8.75. The molecule has 0 atom stereocenters. The predicted molar refractivity (Wildman–Crippen MR) is 119 cm³/mol. The molecule has 0 saturated carbocycles. The van der Waals surface area contributed by atoms with Crippen molar-refractivity contribution >= 4 is 0 Å². The maximum absolute atomic E-state index is 15.1. The van der Waals surface area contributed by atoms with Gasteiger partial charge in [0, 0.05) is 37.3 Å². The summed E-state index contributed by atoms with van der Waals surface area (Å²) in [6.07, 6.45) is 0.757. The van der Waals surface area contributed by atoms with Crippen LogP contribution in [-0.4, -0.2) is 33.1 Å². The molecule has 0 bridgehead atoms. The zero-order valence-electron chi connectivity index (χ0n) is 18.2. The van der Waals surface area contributed by atoms with Crippen molar-refractivity contribution in [2.45, 2.75) is 38.9 Å². The summed E-state index contributed by atoms with van der Waals surface area (Å²) in [4.78, 5) is 4.52. The van der Waals surface area contributed by atoms with Crippen molar-refractivity contribution in [3.05, 3.63) is 77.0 Å². The summed E-state index contributed by atoms with van der Waals surface area (Å²) in [5.41, 5.74) is 4.15. The van der Waals surface area contributed by atoms with Gasteiger partial charge in [0.25, 0.3) is 5.89 Å². The highest BCUT2D eigenvalue weighted by Gasteiger charge is 2.34. The number of rotatable bonds is 5. The van der Waals surface area contributed by atoms with E-state index >= 15 is 4.39 Å². The minimum atomic E-state index is -1.33. The quantitative estimate of drug-likeness (QED) is 0.431. The summed E-state index contributed by atoms with van der Waals surface area (Å²) in [6.45, 7) is 5.64. The van der Waals surface area contributed by atoms with Gasteiger partial charge in [-0.05, 0) is 31.0 Å². The van der Waals surface area contributed by atoms with Gasteiger partial charge < -0.3 is 9.26 Å². The second-order valence-corrected chi connectivity index (χ2v) is 8.39. The van der Waals surface area contributed by atoms with Crippen molar-refractivity contribution < 1.29 is 13.7 Å². The van der Waals surface area contributed by atoms with Crippen LogP contribution in [0.3, 0.4) is 0 Å². The van der Waals surface area contributed by atoms with Gasteiger partial charge in [0.15, 0.2) is 5.69 Å². The van der Waals surface area contributed by atoms with Gasteiger partial charge in [-0.2, -0.15) is 10.1 Å². The van der Waals surface area contributed by atoms with Crippen LogP contribution < -0.4 is 0 Å². The zero-order chi connectivity index (χ0) is 22.1. The van der Waals surface area contributed by atoms with E-state index in [4.69, 9.17) is 9.26 Å². The van der Waals surface area contributed by atoms with E-state index in [9.17, 15) is 0 Å². The minimum Gasteiger partial charge on any atom is -0.381 e. The highest BCUT2D eigenvalue weighted by atomic mass is 19.1.